The summed E-state index contributed by atoms with van der Waals surface area (Å²) in [5, 5.41) is 4.16. The molecule has 1 aliphatic heterocycles. The summed E-state index contributed by atoms with van der Waals surface area (Å²) in [6.45, 7) is 0.971. The Morgan fingerprint density at radius 2 is 2.05 bits per heavy atom. The number of anilines is 2. The van der Waals surface area contributed by atoms with Crippen molar-refractivity contribution < 1.29 is 0 Å². The first kappa shape index (κ1) is 12.1. The van der Waals surface area contributed by atoms with Crippen LogP contribution in [0.2, 0.25) is 0 Å². The molecule has 3 heterocycles. The highest BCUT2D eigenvalue weighted by molar-refractivity contribution is 5.66. The second-order valence-electron chi connectivity index (χ2n) is 5.25. The van der Waals surface area contributed by atoms with E-state index in [2.05, 4.69) is 44.2 Å². The zero-order valence-corrected chi connectivity index (χ0v) is 11.6. The summed E-state index contributed by atoms with van der Waals surface area (Å²) < 4.78 is 1.69. The highest BCUT2D eigenvalue weighted by Gasteiger charge is 2.29. The van der Waals surface area contributed by atoms with Crippen molar-refractivity contribution in [2.75, 3.05) is 17.2 Å². The number of benzene rings is 1. The lowest BCUT2D eigenvalue weighted by Gasteiger charge is -2.26. The Kier molecular flexibility index (Phi) is 2.73. The largest absolute Gasteiger partial charge is 0.366 e. The van der Waals surface area contributed by atoms with E-state index in [1.165, 1.54) is 5.56 Å². The molecule has 0 saturated carbocycles. The number of nitrogens with two attached hydrogens (primary N) is 1. The highest BCUT2D eigenvalue weighted by Crippen LogP contribution is 2.36. The lowest BCUT2D eigenvalue weighted by molar-refractivity contribution is 0.710. The minimum Gasteiger partial charge on any atom is -0.366 e. The van der Waals surface area contributed by atoms with Crippen molar-refractivity contribution in [2.45, 2.75) is 18.9 Å². The Balaban J connectivity index is 1.80. The van der Waals surface area contributed by atoms with Gasteiger partial charge in [0.25, 0.3) is 0 Å². The van der Waals surface area contributed by atoms with Crippen LogP contribution in [-0.2, 0) is 0 Å². The lowest BCUT2D eigenvalue weighted by atomic mass is 10.0. The summed E-state index contributed by atoms with van der Waals surface area (Å²) in [7, 11) is 0. The molecule has 1 atom stereocenters. The Hall–Kier alpha value is -2.63. The van der Waals surface area contributed by atoms with Crippen molar-refractivity contribution in [3.8, 4) is 0 Å². The van der Waals surface area contributed by atoms with Gasteiger partial charge in [0.05, 0.1) is 6.04 Å². The number of rotatable bonds is 2. The number of hydrogen-bond donors (Lipinski definition) is 1. The number of aromatic nitrogens is 4. The van der Waals surface area contributed by atoms with Gasteiger partial charge in [-0.1, -0.05) is 30.3 Å². The molecule has 6 heteroatoms. The van der Waals surface area contributed by atoms with Crippen molar-refractivity contribution in [2.24, 2.45) is 0 Å². The van der Waals surface area contributed by atoms with Crippen LogP contribution in [0.25, 0.3) is 5.65 Å². The van der Waals surface area contributed by atoms with Crippen LogP contribution in [0.15, 0.2) is 42.7 Å². The van der Waals surface area contributed by atoms with Crippen LogP contribution in [0, 0.1) is 0 Å². The molecule has 0 aliphatic carbocycles. The molecule has 0 bridgehead atoms. The third-order valence-corrected chi connectivity index (χ3v) is 3.96. The SMILES string of the molecule is Nc1nc2c(N3CCCC3c3ccccc3)nccn2n1. The molecule has 1 fully saturated rings. The molecule has 0 spiro atoms. The summed E-state index contributed by atoms with van der Waals surface area (Å²) in [6, 6.07) is 10.9. The van der Waals surface area contributed by atoms with Gasteiger partial charge in [-0.2, -0.15) is 4.98 Å². The standard InChI is InChI=1S/C15H16N6/c16-15-18-14-13(17-8-10-21(14)19-15)20-9-4-7-12(20)11-5-2-1-3-6-11/h1-3,5-6,8,10,12H,4,7,9H2,(H2,16,19). The van der Waals surface area contributed by atoms with E-state index in [0.717, 1.165) is 30.9 Å². The molecule has 1 aliphatic rings. The summed E-state index contributed by atoms with van der Waals surface area (Å²) >= 11 is 0. The van der Waals surface area contributed by atoms with E-state index in [-0.39, 0.29) is 5.95 Å². The van der Waals surface area contributed by atoms with E-state index in [4.69, 9.17) is 5.73 Å². The van der Waals surface area contributed by atoms with E-state index in [0.29, 0.717) is 6.04 Å². The third-order valence-electron chi connectivity index (χ3n) is 3.96. The van der Waals surface area contributed by atoms with Crippen LogP contribution in [0.1, 0.15) is 24.4 Å². The minimum absolute atomic E-state index is 0.278. The van der Waals surface area contributed by atoms with Gasteiger partial charge in [0, 0.05) is 18.9 Å². The second kappa shape index (κ2) is 4.73. The number of fused-ring (bicyclic) bond motifs is 1. The minimum atomic E-state index is 0.278. The van der Waals surface area contributed by atoms with Gasteiger partial charge in [-0.3, -0.25) is 0 Å². The Bertz CT molecular complexity index is 766. The predicted molar refractivity (Wildman–Crippen MR) is 81.0 cm³/mol. The number of hydrogen-bond acceptors (Lipinski definition) is 5. The Morgan fingerprint density at radius 3 is 2.90 bits per heavy atom. The van der Waals surface area contributed by atoms with Crippen molar-refractivity contribution in [1.82, 2.24) is 19.6 Å². The fourth-order valence-corrected chi connectivity index (χ4v) is 3.07. The van der Waals surface area contributed by atoms with Crippen LogP contribution < -0.4 is 10.6 Å². The van der Waals surface area contributed by atoms with E-state index >= 15 is 0 Å². The lowest BCUT2D eigenvalue weighted by Crippen LogP contribution is -2.24. The molecule has 6 nitrogen and oxygen atoms in total. The molecule has 106 valence electrons. The van der Waals surface area contributed by atoms with Crippen molar-refractivity contribution in [3.05, 3.63) is 48.3 Å². The molecule has 3 aromatic rings. The maximum absolute atomic E-state index is 5.71. The zero-order valence-electron chi connectivity index (χ0n) is 11.6. The zero-order chi connectivity index (χ0) is 14.2. The maximum atomic E-state index is 5.71. The number of nitrogens with zero attached hydrogens (tertiary/aromatic N) is 5. The van der Waals surface area contributed by atoms with Crippen molar-refractivity contribution in [3.63, 3.8) is 0 Å². The molecule has 2 N–H and O–H groups in total. The summed E-state index contributed by atoms with van der Waals surface area (Å²) in [6.07, 6.45) is 5.79. The molecule has 0 amide bonds. The Labute approximate surface area is 122 Å². The molecule has 0 radical (unpaired) electrons. The summed E-state index contributed by atoms with van der Waals surface area (Å²) in [5.74, 6) is 1.13. The van der Waals surface area contributed by atoms with Gasteiger partial charge >= 0.3 is 0 Å². The van der Waals surface area contributed by atoms with Crippen LogP contribution >= 0.6 is 0 Å². The monoisotopic (exact) mass is 280 g/mol. The van der Waals surface area contributed by atoms with Gasteiger partial charge in [0.2, 0.25) is 5.95 Å². The van der Waals surface area contributed by atoms with Crippen LogP contribution in [0.3, 0.4) is 0 Å². The third kappa shape index (κ3) is 1.99. The highest BCUT2D eigenvalue weighted by atomic mass is 15.4. The van der Waals surface area contributed by atoms with Crippen molar-refractivity contribution in [1.29, 1.82) is 0 Å². The second-order valence-corrected chi connectivity index (χ2v) is 5.25. The van der Waals surface area contributed by atoms with E-state index in [1.54, 1.807) is 16.9 Å². The fourth-order valence-electron chi connectivity index (χ4n) is 3.07. The summed E-state index contributed by atoms with van der Waals surface area (Å²) in [4.78, 5) is 11.1. The normalized spacial score (nSPS) is 18.5. The maximum Gasteiger partial charge on any atom is 0.240 e. The first-order chi connectivity index (χ1) is 10.3. The van der Waals surface area contributed by atoms with Gasteiger partial charge in [-0.25, -0.2) is 9.50 Å². The molecule has 2 aromatic heterocycles. The Morgan fingerprint density at radius 1 is 1.19 bits per heavy atom. The average Bonchev–Trinajstić information content (AvgIpc) is 3.12. The molecule has 4 rings (SSSR count). The number of nitrogen functional groups attached to an aromatic ring is 1. The molecular formula is C15H16N6. The van der Waals surface area contributed by atoms with Crippen LogP contribution in [0.5, 0.6) is 0 Å². The first-order valence-electron chi connectivity index (χ1n) is 7.11. The quantitative estimate of drug-likeness (QED) is 0.777. The van der Waals surface area contributed by atoms with Crippen LogP contribution in [0.4, 0.5) is 11.8 Å². The van der Waals surface area contributed by atoms with Crippen molar-refractivity contribution >= 4 is 17.4 Å². The van der Waals surface area contributed by atoms with Gasteiger partial charge < -0.3 is 10.6 Å². The molecule has 1 aromatic carbocycles. The molecule has 1 unspecified atom stereocenters. The molecule has 1 saturated heterocycles. The topological polar surface area (TPSA) is 72.3 Å². The van der Waals surface area contributed by atoms with Gasteiger partial charge in [-0.05, 0) is 18.4 Å². The van der Waals surface area contributed by atoms with E-state index in [9.17, 15) is 0 Å². The van der Waals surface area contributed by atoms with Gasteiger partial charge in [0.15, 0.2) is 11.5 Å². The van der Waals surface area contributed by atoms with Crippen LogP contribution in [-0.4, -0.2) is 26.1 Å². The molecule has 21 heavy (non-hydrogen) atoms. The smallest absolute Gasteiger partial charge is 0.240 e. The van der Waals surface area contributed by atoms with E-state index < -0.39 is 0 Å². The first-order valence-corrected chi connectivity index (χ1v) is 7.11. The van der Waals surface area contributed by atoms with Gasteiger partial charge in [-0.15, -0.1) is 5.10 Å². The summed E-state index contributed by atoms with van der Waals surface area (Å²) in [5.41, 5.74) is 7.75. The predicted octanol–water partition coefficient (Wildman–Crippen LogP) is 2.05. The molecular weight excluding hydrogens is 264 g/mol. The van der Waals surface area contributed by atoms with E-state index in [1.807, 2.05) is 6.07 Å². The van der Waals surface area contributed by atoms with Gasteiger partial charge in [0.1, 0.15) is 0 Å². The average molecular weight is 280 g/mol. The fraction of sp³-hybridized carbons (Fsp3) is 0.267.